The fourth-order valence-electron chi connectivity index (χ4n) is 3.88. The van der Waals surface area contributed by atoms with E-state index in [1.807, 2.05) is 6.92 Å². The van der Waals surface area contributed by atoms with Crippen LogP contribution in [0.25, 0.3) is 5.65 Å². The van der Waals surface area contributed by atoms with Crippen LogP contribution in [0.5, 0.6) is 5.75 Å². The van der Waals surface area contributed by atoms with Gasteiger partial charge in [-0.15, -0.1) is 11.8 Å². The van der Waals surface area contributed by atoms with E-state index in [9.17, 15) is 18.4 Å². The maximum absolute atomic E-state index is 13.3. The number of thioether (sulfide) groups is 1. The first-order valence-electron chi connectivity index (χ1n) is 11.7. The molecule has 5 N–H and O–H groups in total. The molecular formula is C24H27F2N7O4S. The highest BCUT2D eigenvalue weighted by atomic mass is 32.2. The Morgan fingerprint density at radius 1 is 1.42 bits per heavy atom. The molecule has 2 atom stereocenters. The fourth-order valence-corrected chi connectivity index (χ4v) is 4.72. The molecule has 1 aromatic carbocycles. The number of nitrogens with one attached hydrogen (secondary N) is 3. The summed E-state index contributed by atoms with van der Waals surface area (Å²) in [6, 6.07) is 2.97. The van der Waals surface area contributed by atoms with Crippen LogP contribution in [-0.4, -0.2) is 58.5 Å². The number of nitrogens with zero attached hydrogens (tertiary/aromatic N) is 3. The lowest BCUT2D eigenvalue weighted by Gasteiger charge is -2.23. The van der Waals surface area contributed by atoms with Crippen molar-refractivity contribution >= 4 is 35.0 Å². The smallest absolute Gasteiger partial charge is 0.387 e. The largest absolute Gasteiger partial charge is 0.464 e. The van der Waals surface area contributed by atoms with Crippen molar-refractivity contribution in [2.75, 3.05) is 24.7 Å². The number of anilines is 1. The standard InChI is InChI=1S/C24H27F2N7O4S/c1-3-38-19-9-13(18(37-24(25)26)10-16(19)28-2)20(27)17(12-30-15-5-8-36-23(15)35)32-22(34)14-11-31-33-7-4-6-29-21(14)33/h4,6-7,9-12,15,20,24,28,30H,3,5,8,27H2,1-2H3,(H,32,34)/b17-12+. The fraction of sp³-hybridized carbons (Fsp3) is 0.333. The first kappa shape index (κ1) is 27.1. The Kier molecular flexibility index (Phi) is 8.63. The van der Waals surface area contributed by atoms with Gasteiger partial charge in [-0.2, -0.15) is 13.9 Å². The van der Waals surface area contributed by atoms with Crippen molar-refractivity contribution in [3.63, 3.8) is 0 Å². The predicted molar refractivity (Wildman–Crippen MR) is 137 cm³/mol. The third-order valence-corrected chi connectivity index (χ3v) is 6.66. The molecule has 11 nitrogen and oxygen atoms in total. The molecule has 1 aliphatic rings. The molecule has 0 spiro atoms. The number of ether oxygens (including phenoxy) is 2. The number of hydrogen-bond donors (Lipinski definition) is 4. The zero-order valence-electron chi connectivity index (χ0n) is 20.6. The summed E-state index contributed by atoms with van der Waals surface area (Å²) in [6.45, 7) is -0.899. The molecule has 0 saturated carbocycles. The van der Waals surface area contributed by atoms with Gasteiger partial charge >= 0.3 is 12.6 Å². The van der Waals surface area contributed by atoms with Crippen LogP contribution >= 0.6 is 11.8 Å². The van der Waals surface area contributed by atoms with E-state index in [0.717, 1.165) is 4.90 Å². The maximum Gasteiger partial charge on any atom is 0.387 e. The van der Waals surface area contributed by atoms with Crippen LogP contribution < -0.4 is 26.4 Å². The number of alkyl halides is 2. The van der Waals surface area contributed by atoms with Gasteiger partial charge < -0.3 is 31.2 Å². The topological polar surface area (TPSA) is 145 Å². The van der Waals surface area contributed by atoms with Crippen LogP contribution in [0.15, 0.2) is 53.6 Å². The Labute approximate surface area is 221 Å². The summed E-state index contributed by atoms with van der Waals surface area (Å²) in [4.78, 5) is 30.2. The normalized spacial score (nSPS) is 16.4. The molecule has 38 heavy (non-hydrogen) atoms. The molecule has 3 heterocycles. The van der Waals surface area contributed by atoms with Gasteiger partial charge in [-0.3, -0.25) is 4.79 Å². The molecule has 4 rings (SSSR count). The molecule has 0 radical (unpaired) electrons. The van der Waals surface area contributed by atoms with Gasteiger partial charge in [-0.25, -0.2) is 14.3 Å². The first-order chi connectivity index (χ1) is 18.3. The van der Waals surface area contributed by atoms with E-state index in [4.69, 9.17) is 15.2 Å². The summed E-state index contributed by atoms with van der Waals surface area (Å²) in [5, 5.41) is 12.7. The summed E-state index contributed by atoms with van der Waals surface area (Å²) in [5.41, 5.74) is 7.95. The van der Waals surface area contributed by atoms with E-state index in [0.29, 0.717) is 23.5 Å². The lowest BCUT2D eigenvalue weighted by molar-refractivity contribution is -0.139. The van der Waals surface area contributed by atoms with Crippen molar-refractivity contribution in [3.8, 4) is 5.75 Å². The Bertz CT molecular complexity index is 1350. The van der Waals surface area contributed by atoms with Crippen LogP contribution in [0, 0.1) is 0 Å². The molecule has 2 aromatic heterocycles. The number of benzene rings is 1. The van der Waals surface area contributed by atoms with Crippen molar-refractivity contribution in [1.29, 1.82) is 0 Å². The second-order valence-corrected chi connectivity index (χ2v) is 9.41. The van der Waals surface area contributed by atoms with E-state index in [2.05, 4.69) is 26.0 Å². The van der Waals surface area contributed by atoms with E-state index in [1.54, 1.807) is 25.4 Å². The number of halogens is 2. The second-order valence-electron chi connectivity index (χ2n) is 8.10. The SMILES string of the molecule is CCSc1cc(C(N)/C(=C\NC2CCOC2=O)NC(=O)c2cnn3cccnc23)c(OC(F)F)cc1NC. The summed E-state index contributed by atoms with van der Waals surface area (Å²) >= 11 is 1.48. The molecule has 3 aromatic rings. The zero-order chi connectivity index (χ0) is 27.2. The van der Waals surface area contributed by atoms with Crippen molar-refractivity contribution in [3.05, 3.63) is 59.8 Å². The summed E-state index contributed by atoms with van der Waals surface area (Å²) in [7, 11) is 1.67. The minimum atomic E-state index is -3.10. The number of carbonyl (C=O) groups is 2. The number of nitrogens with two attached hydrogens (primary N) is 1. The highest BCUT2D eigenvalue weighted by Crippen LogP contribution is 2.38. The number of aromatic nitrogens is 3. The van der Waals surface area contributed by atoms with Crippen LogP contribution in [-0.2, 0) is 9.53 Å². The summed E-state index contributed by atoms with van der Waals surface area (Å²) in [6.07, 6.45) is 6.31. The third kappa shape index (κ3) is 5.97. The molecule has 14 heteroatoms. The Hall–Kier alpha value is -3.91. The molecule has 1 amide bonds. The van der Waals surface area contributed by atoms with Crippen molar-refractivity contribution in [2.45, 2.75) is 36.9 Å². The quantitative estimate of drug-likeness (QED) is 0.209. The minimum absolute atomic E-state index is 0.105. The lowest BCUT2D eigenvalue weighted by atomic mass is 10.0. The van der Waals surface area contributed by atoms with Crippen LogP contribution in [0.1, 0.15) is 35.3 Å². The number of carbonyl (C=O) groups excluding carboxylic acids is 2. The molecule has 1 aliphatic heterocycles. The molecule has 1 fully saturated rings. The van der Waals surface area contributed by atoms with E-state index >= 15 is 0 Å². The van der Waals surface area contributed by atoms with Gasteiger partial charge in [-0.05, 0) is 17.9 Å². The second kappa shape index (κ2) is 12.1. The minimum Gasteiger partial charge on any atom is -0.464 e. The third-order valence-electron chi connectivity index (χ3n) is 5.72. The van der Waals surface area contributed by atoms with E-state index in [1.165, 1.54) is 40.9 Å². The number of esters is 1. The molecular weight excluding hydrogens is 520 g/mol. The number of hydrogen-bond acceptors (Lipinski definition) is 10. The summed E-state index contributed by atoms with van der Waals surface area (Å²) < 4.78 is 37.9. The van der Waals surface area contributed by atoms with Gasteiger partial charge in [-0.1, -0.05) is 6.92 Å². The van der Waals surface area contributed by atoms with Crippen LogP contribution in [0.3, 0.4) is 0 Å². The Morgan fingerprint density at radius 3 is 2.92 bits per heavy atom. The number of rotatable bonds is 11. The first-order valence-corrected chi connectivity index (χ1v) is 12.7. The van der Waals surface area contributed by atoms with Crippen LogP contribution in [0.2, 0.25) is 0 Å². The zero-order valence-corrected chi connectivity index (χ0v) is 21.4. The van der Waals surface area contributed by atoms with Gasteiger partial charge in [0.15, 0.2) is 5.65 Å². The molecule has 202 valence electrons. The molecule has 1 saturated heterocycles. The Morgan fingerprint density at radius 2 is 2.24 bits per heavy atom. The average molecular weight is 548 g/mol. The van der Waals surface area contributed by atoms with Crippen LogP contribution in [0.4, 0.5) is 14.5 Å². The Balaban J connectivity index is 1.73. The molecule has 0 bridgehead atoms. The van der Waals surface area contributed by atoms with Crippen molar-refractivity contribution in [1.82, 2.24) is 25.2 Å². The van der Waals surface area contributed by atoms with Crippen molar-refractivity contribution in [2.24, 2.45) is 5.73 Å². The number of cyclic esters (lactones) is 1. The molecule has 0 aliphatic carbocycles. The van der Waals surface area contributed by atoms with Crippen molar-refractivity contribution < 1.29 is 27.8 Å². The van der Waals surface area contributed by atoms with Gasteiger partial charge in [0, 0.05) is 48.6 Å². The highest BCUT2D eigenvalue weighted by molar-refractivity contribution is 7.99. The van der Waals surface area contributed by atoms with Gasteiger partial charge in [0.05, 0.1) is 30.2 Å². The predicted octanol–water partition coefficient (Wildman–Crippen LogP) is 2.66. The van der Waals surface area contributed by atoms with E-state index in [-0.39, 0.29) is 29.2 Å². The highest BCUT2D eigenvalue weighted by Gasteiger charge is 2.28. The number of fused-ring (bicyclic) bond motifs is 1. The van der Waals surface area contributed by atoms with Gasteiger partial charge in [0.1, 0.15) is 17.4 Å². The average Bonchev–Trinajstić information content (AvgIpc) is 3.52. The van der Waals surface area contributed by atoms with Gasteiger partial charge in [0.25, 0.3) is 5.91 Å². The van der Waals surface area contributed by atoms with Gasteiger partial charge in [0.2, 0.25) is 0 Å². The lowest BCUT2D eigenvalue weighted by Crippen LogP contribution is -2.35. The maximum atomic E-state index is 13.3. The molecule has 2 unspecified atom stereocenters. The number of amides is 1. The summed E-state index contributed by atoms with van der Waals surface area (Å²) in [5.74, 6) is -0.475. The van der Waals surface area contributed by atoms with E-state index < -0.39 is 30.6 Å². The monoisotopic (exact) mass is 547 g/mol.